The molecule has 0 heterocycles. The summed E-state index contributed by atoms with van der Waals surface area (Å²) < 4.78 is 11.0. The van der Waals surface area contributed by atoms with Gasteiger partial charge in [-0.2, -0.15) is 0 Å². The van der Waals surface area contributed by atoms with Gasteiger partial charge in [0.25, 0.3) is 0 Å². The Hall–Kier alpha value is -3.37. The number of hydrogen-bond acceptors (Lipinski definition) is 4. The van der Waals surface area contributed by atoms with Crippen LogP contribution >= 0.6 is 0 Å². The van der Waals surface area contributed by atoms with Crippen LogP contribution in [-0.2, 0) is 22.4 Å². The van der Waals surface area contributed by atoms with E-state index in [1.807, 2.05) is 12.1 Å². The van der Waals surface area contributed by atoms with Gasteiger partial charge >= 0.3 is 5.97 Å². The lowest BCUT2D eigenvalue weighted by Crippen LogP contribution is -2.13. The van der Waals surface area contributed by atoms with Gasteiger partial charge in [0.15, 0.2) is 0 Å². The van der Waals surface area contributed by atoms with E-state index in [2.05, 4.69) is 69.0 Å². The molecule has 4 nitrogen and oxygen atoms in total. The minimum atomic E-state index is -0.468. The third-order valence-corrected chi connectivity index (χ3v) is 8.78. The molecular formula is C38H48O4. The minimum absolute atomic E-state index is 0.0366. The third kappa shape index (κ3) is 8.58. The second-order valence-corrected chi connectivity index (χ2v) is 11.6. The van der Waals surface area contributed by atoms with Crippen LogP contribution in [0.3, 0.4) is 0 Å². The summed E-state index contributed by atoms with van der Waals surface area (Å²) in [6.45, 7) is 8.32. The molecule has 224 valence electrons. The average Bonchev–Trinajstić information content (AvgIpc) is 3.04. The zero-order valence-electron chi connectivity index (χ0n) is 25.6. The van der Waals surface area contributed by atoms with E-state index in [0.29, 0.717) is 18.1 Å². The van der Waals surface area contributed by atoms with Crippen molar-refractivity contribution in [1.29, 1.82) is 0 Å². The number of aliphatic hydroxyl groups is 1. The quantitative estimate of drug-likeness (QED) is 0.113. The van der Waals surface area contributed by atoms with Crippen LogP contribution in [0.4, 0.5) is 0 Å². The van der Waals surface area contributed by atoms with Crippen molar-refractivity contribution in [2.24, 2.45) is 5.92 Å². The van der Waals surface area contributed by atoms with Gasteiger partial charge < -0.3 is 14.6 Å². The Kier molecular flexibility index (Phi) is 12.3. The fraction of sp³-hybridized carbons (Fsp3) is 0.447. The summed E-state index contributed by atoms with van der Waals surface area (Å²) in [6.07, 6.45) is 13.5. The first kappa shape index (κ1) is 31.6. The standard InChI is InChI=1S/C38H48O4/c1-4-7-8-9-28-10-12-30(13-11-28)31-14-16-32(17-15-31)36-21-20-34(26-29(36)5-2)35-19-18-33(22-23-39)37(27-35)41-24-25-42-38(40)6-3/h6,14-21,26-28,30,39H,3-5,7-13,22-25H2,1-2H3. The van der Waals surface area contributed by atoms with Crippen LogP contribution < -0.4 is 4.74 Å². The van der Waals surface area contributed by atoms with Crippen LogP contribution in [0, 0.1) is 5.92 Å². The number of aryl methyl sites for hydroxylation is 1. The molecule has 1 fully saturated rings. The van der Waals surface area contributed by atoms with Crippen molar-refractivity contribution >= 4 is 5.97 Å². The normalized spacial score (nSPS) is 16.6. The van der Waals surface area contributed by atoms with Crippen molar-refractivity contribution in [3.8, 4) is 28.0 Å². The first-order valence-electron chi connectivity index (χ1n) is 16.0. The predicted octanol–water partition coefficient (Wildman–Crippen LogP) is 9.08. The topological polar surface area (TPSA) is 55.8 Å². The maximum Gasteiger partial charge on any atom is 0.330 e. The summed E-state index contributed by atoms with van der Waals surface area (Å²) in [5, 5.41) is 9.52. The molecule has 1 saturated carbocycles. The Labute approximate surface area is 252 Å². The molecule has 0 aromatic heterocycles. The number of carbonyl (C=O) groups excluding carboxylic acids is 1. The Balaban J connectivity index is 1.45. The van der Waals surface area contributed by atoms with E-state index in [-0.39, 0.29) is 19.8 Å². The van der Waals surface area contributed by atoms with E-state index in [1.165, 1.54) is 73.6 Å². The Bertz CT molecular complexity index is 1280. The van der Waals surface area contributed by atoms with E-state index in [9.17, 15) is 9.90 Å². The second-order valence-electron chi connectivity index (χ2n) is 11.6. The molecule has 0 aliphatic heterocycles. The number of unbranched alkanes of at least 4 members (excludes halogenated alkanes) is 2. The highest BCUT2D eigenvalue weighted by Crippen LogP contribution is 2.39. The van der Waals surface area contributed by atoms with E-state index >= 15 is 0 Å². The highest BCUT2D eigenvalue weighted by atomic mass is 16.6. The molecule has 0 radical (unpaired) electrons. The van der Waals surface area contributed by atoms with Gasteiger partial charge in [0.1, 0.15) is 19.0 Å². The van der Waals surface area contributed by atoms with Crippen molar-refractivity contribution in [3.05, 3.63) is 90.0 Å². The maximum atomic E-state index is 11.3. The highest BCUT2D eigenvalue weighted by molar-refractivity contribution is 5.81. The van der Waals surface area contributed by atoms with Crippen LogP contribution in [0.1, 0.15) is 87.8 Å². The SMILES string of the molecule is C=CC(=O)OCCOc1cc(-c2ccc(-c3ccc(C4CCC(CCCCC)CC4)cc3)c(CC)c2)ccc1CCO. The van der Waals surface area contributed by atoms with Crippen LogP contribution in [0.25, 0.3) is 22.3 Å². The number of rotatable bonds is 15. The summed E-state index contributed by atoms with van der Waals surface area (Å²) in [4.78, 5) is 11.3. The largest absolute Gasteiger partial charge is 0.490 e. The van der Waals surface area contributed by atoms with Gasteiger partial charge in [-0.15, -0.1) is 0 Å². The number of hydrogen-bond donors (Lipinski definition) is 1. The molecule has 3 aromatic rings. The smallest absolute Gasteiger partial charge is 0.330 e. The van der Waals surface area contributed by atoms with E-state index in [4.69, 9.17) is 9.47 Å². The van der Waals surface area contributed by atoms with Crippen LogP contribution in [0.2, 0.25) is 0 Å². The minimum Gasteiger partial charge on any atom is -0.490 e. The van der Waals surface area contributed by atoms with E-state index < -0.39 is 5.97 Å². The molecule has 4 heteroatoms. The lowest BCUT2D eigenvalue weighted by molar-refractivity contribution is -0.138. The van der Waals surface area contributed by atoms with Crippen molar-refractivity contribution in [1.82, 2.24) is 0 Å². The first-order valence-corrected chi connectivity index (χ1v) is 16.0. The predicted molar refractivity (Wildman–Crippen MR) is 173 cm³/mol. The molecule has 0 spiro atoms. The second kappa shape index (κ2) is 16.3. The van der Waals surface area contributed by atoms with E-state index in [1.54, 1.807) is 0 Å². The van der Waals surface area contributed by atoms with Gasteiger partial charge in [0.2, 0.25) is 0 Å². The summed E-state index contributed by atoms with van der Waals surface area (Å²) in [5.41, 5.74) is 8.46. The summed E-state index contributed by atoms with van der Waals surface area (Å²) >= 11 is 0. The third-order valence-electron chi connectivity index (χ3n) is 8.78. The monoisotopic (exact) mass is 568 g/mol. The average molecular weight is 569 g/mol. The zero-order valence-corrected chi connectivity index (χ0v) is 25.6. The Morgan fingerprint density at radius 3 is 2.29 bits per heavy atom. The molecule has 0 atom stereocenters. The van der Waals surface area contributed by atoms with Gasteiger partial charge in [-0.05, 0) is 95.4 Å². The van der Waals surface area contributed by atoms with Crippen LogP contribution in [-0.4, -0.2) is 30.9 Å². The van der Waals surface area contributed by atoms with Crippen LogP contribution in [0.5, 0.6) is 5.75 Å². The lowest BCUT2D eigenvalue weighted by atomic mass is 9.77. The fourth-order valence-corrected chi connectivity index (χ4v) is 6.30. The van der Waals surface area contributed by atoms with Crippen LogP contribution in [0.15, 0.2) is 73.3 Å². The van der Waals surface area contributed by atoms with E-state index in [0.717, 1.165) is 35.1 Å². The molecule has 4 rings (SSSR count). The first-order chi connectivity index (χ1) is 20.6. The molecular weight excluding hydrogens is 520 g/mol. The van der Waals surface area contributed by atoms with Gasteiger partial charge in [0.05, 0.1) is 0 Å². The summed E-state index contributed by atoms with van der Waals surface area (Å²) in [6, 6.07) is 22.1. The molecule has 0 bridgehead atoms. The molecule has 1 aliphatic rings. The fourth-order valence-electron chi connectivity index (χ4n) is 6.30. The molecule has 1 aliphatic carbocycles. The maximum absolute atomic E-state index is 11.3. The number of carbonyl (C=O) groups is 1. The molecule has 0 saturated heterocycles. The molecule has 42 heavy (non-hydrogen) atoms. The number of aliphatic hydroxyl groups excluding tert-OH is 1. The van der Waals surface area contributed by atoms with Crippen molar-refractivity contribution < 1.29 is 19.4 Å². The number of ether oxygens (including phenoxy) is 2. The summed E-state index contributed by atoms with van der Waals surface area (Å²) in [5.74, 6) is 1.87. The molecule has 1 N–H and O–H groups in total. The zero-order chi connectivity index (χ0) is 29.7. The van der Waals surface area contributed by atoms with Crippen molar-refractivity contribution in [2.45, 2.75) is 84.0 Å². The van der Waals surface area contributed by atoms with Crippen molar-refractivity contribution in [3.63, 3.8) is 0 Å². The van der Waals surface area contributed by atoms with Gasteiger partial charge in [-0.25, -0.2) is 4.79 Å². The van der Waals surface area contributed by atoms with Gasteiger partial charge in [-0.1, -0.05) is 101 Å². The Morgan fingerprint density at radius 1 is 0.881 bits per heavy atom. The highest BCUT2D eigenvalue weighted by Gasteiger charge is 2.22. The van der Waals surface area contributed by atoms with Gasteiger partial charge in [0, 0.05) is 12.7 Å². The van der Waals surface area contributed by atoms with Crippen molar-refractivity contribution in [2.75, 3.05) is 19.8 Å². The van der Waals surface area contributed by atoms with Gasteiger partial charge in [-0.3, -0.25) is 0 Å². The molecule has 3 aromatic carbocycles. The number of esters is 1. The number of benzene rings is 3. The molecule has 0 amide bonds. The molecule has 0 unspecified atom stereocenters. The Morgan fingerprint density at radius 2 is 1.60 bits per heavy atom. The lowest BCUT2D eigenvalue weighted by Gasteiger charge is -2.29. The summed E-state index contributed by atoms with van der Waals surface area (Å²) in [7, 11) is 0.